The van der Waals surface area contributed by atoms with Crippen molar-refractivity contribution in [3.05, 3.63) is 54.1 Å². The van der Waals surface area contributed by atoms with E-state index in [4.69, 9.17) is 10.00 Å². The summed E-state index contributed by atoms with van der Waals surface area (Å²) in [6, 6.07) is 16.9. The minimum absolute atomic E-state index is 0.242. The van der Waals surface area contributed by atoms with Gasteiger partial charge in [0, 0.05) is 15.8 Å². The minimum atomic E-state index is -0.697. The largest absolute Gasteiger partial charge is 0.480 e. The molecule has 1 amide bonds. The molecule has 0 spiro atoms. The lowest BCUT2D eigenvalue weighted by Gasteiger charge is -2.16. The summed E-state index contributed by atoms with van der Waals surface area (Å²) < 4.78 is 5.64. The zero-order chi connectivity index (χ0) is 18.4. The average molecular weight is 366 g/mol. The molecule has 1 aliphatic rings. The average Bonchev–Trinajstić information content (AvgIpc) is 3.16. The fraction of sp³-hybridized carbons (Fsp3) is 0.333. The first-order chi connectivity index (χ1) is 12.7. The Kier molecular flexibility index (Phi) is 6.19. The Morgan fingerprint density at radius 1 is 1.19 bits per heavy atom. The molecule has 134 valence electrons. The van der Waals surface area contributed by atoms with Crippen LogP contribution in [-0.4, -0.2) is 17.3 Å². The van der Waals surface area contributed by atoms with E-state index in [1.165, 1.54) is 30.6 Å². The number of rotatable bonds is 6. The second-order valence-electron chi connectivity index (χ2n) is 6.41. The van der Waals surface area contributed by atoms with Gasteiger partial charge in [0.15, 0.2) is 6.10 Å². The van der Waals surface area contributed by atoms with Crippen molar-refractivity contribution in [1.29, 1.82) is 5.26 Å². The molecule has 2 aromatic carbocycles. The third-order valence-corrected chi connectivity index (χ3v) is 5.76. The zero-order valence-corrected chi connectivity index (χ0v) is 15.6. The summed E-state index contributed by atoms with van der Waals surface area (Å²) in [5.41, 5.74) is 1.16. The molecule has 0 aliphatic heterocycles. The normalized spacial score (nSPS) is 15.2. The maximum atomic E-state index is 12.4. The topological polar surface area (TPSA) is 62.1 Å². The molecule has 1 fully saturated rings. The quantitative estimate of drug-likeness (QED) is 0.781. The van der Waals surface area contributed by atoms with Crippen LogP contribution in [0, 0.1) is 11.3 Å². The summed E-state index contributed by atoms with van der Waals surface area (Å²) in [6.07, 6.45) is 4.55. The number of thioether (sulfide) groups is 1. The van der Waals surface area contributed by atoms with E-state index in [0.29, 0.717) is 11.3 Å². The van der Waals surface area contributed by atoms with E-state index in [0.717, 1.165) is 10.9 Å². The molecule has 0 radical (unpaired) electrons. The highest BCUT2D eigenvalue weighted by molar-refractivity contribution is 8.00. The first-order valence-electron chi connectivity index (χ1n) is 8.89. The van der Waals surface area contributed by atoms with Crippen molar-refractivity contribution in [1.82, 2.24) is 0 Å². The van der Waals surface area contributed by atoms with E-state index in [1.54, 1.807) is 31.2 Å². The number of anilines is 1. The van der Waals surface area contributed by atoms with Gasteiger partial charge in [-0.3, -0.25) is 4.79 Å². The standard InChI is InChI=1S/C21H22N2O2S/c1-15(25-20-9-5-2-6-16(20)14-22)21(24)23-17-10-12-19(13-11-17)26-18-7-3-4-8-18/h2,5-6,9-13,15,18H,3-4,7-8H2,1H3,(H,23,24). The van der Waals surface area contributed by atoms with E-state index in [9.17, 15) is 4.79 Å². The summed E-state index contributed by atoms with van der Waals surface area (Å²) in [6.45, 7) is 1.67. The van der Waals surface area contributed by atoms with Crippen LogP contribution in [0.4, 0.5) is 5.69 Å². The number of ether oxygens (including phenoxy) is 1. The van der Waals surface area contributed by atoms with Gasteiger partial charge in [-0.1, -0.05) is 25.0 Å². The summed E-state index contributed by atoms with van der Waals surface area (Å²) in [5, 5.41) is 12.7. The van der Waals surface area contributed by atoms with Crippen molar-refractivity contribution in [2.24, 2.45) is 0 Å². The van der Waals surface area contributed by atoms with Crippen molar-refractivity contribution in [2.45, 2.75) is 48.9 Å². The number of nitrogens with one attached hydrogen (secondary N) is 1. The van der Waals surface area contributed by atoms with E-state index in [-0.39, 0.29) is 5.91 Å². The molecule has 4 nitrogen and oxygen atoms in total. The van der Waals surface area contributed by atoms with Crippen LogP contribution in [0.2, 0.25) is 0 Å². The van der Waals surface area contributed by atoms with Crippen LogP contribution in [-0.2, 0) is 4.79 Å². The molecule has 1 N–H and O–H groups in total. The summed E-state index contributed by atoms with van der Waals surface area (Å²) in [7, 11) is 0. The molecule has 5 heteroatoms. The van der Waals surface area contributed by atoms with Gasteiger partial charge in [-0.05, 0) is 56.2 Å². The number of benzene rings is 2. The summed E-state index contributed by atoms with van der Waals surface area (Å²) in [4.78, 5) is 13.6. The highest BCUT2D eigenvalue weighted by Crippen LogP contribution is 2.35. The Hall–Kier alpha value is -2.45. The van der Waals surface area contributed by atoms with Gasteiger partial charge in [-0.2, -0.15) is 5.26 Å². The second kappa shape index (κ2) is 8.77. The van der Waals surface area contributed by atoms with Crippen molar-refractivity contribution >= 4 is 23.4 Å². The van der Waals surface area contributed by atoms with Crippen molar-refractivity contribution < 1.29 is 9.53 Å². The van der Waals surface area contributed by atoms with E-state index < -0.39 is 6.10 Å². The van der Waals surface area contributed by atoms with Gasteiger partial charge in [0.2, 0.25) is 0 Å². The minimum Gasteiger partial charge on any atom is -0.480 e. The van der Waals surface area contributed by atoms with E-state index in [2.05, 4.69) is 23.5 Å². The fourth-order valence-corrected chi connectivity index (χ4v) is 4.21. The van der Waals surface area contributed by atoms with Gasteiger partial charge in [0.05, 0.1) is 5.56 Å². The maximum absolute atomic E-state index is 12.4. The van der Waals surface area contributed by atoms with Crippen molar-refractivity contribution in [3.8, 4) is 11.8 Å². The van der Waals surface area contributed by atoms with Crippen molar-refractivity contribution in [3.63, 3.8) is 0 Å². The van der Waals surface area contributed by atoms with E-state index >= 15 is 0 Å². The third-order valence-electron chi connectivity index (χ3n) is 4.41. The molecule has 2 aromatic rings. The number of hydrogen-bond acceptors (Lipinski definition) is 4. The third kappa shape index (κ3) is 4.80. The van der Waals surface area contributed by atoms with Gasteiger partial charge in [0.25, 0.3) is 5.91 Å². The monoisotopic (exact) mass is 366 g/mol. The molecular weight excluding hydrogens is 344 g/mol. The first-order valence-corrected chi connectivity index (χ1v) is 9.77. The lowest BCUT2D eigenvalue weighted by Crippen LogP contribution is -2.30. The zero-order valence-electron chi connectivity index (χ0n) is 14.8. The Balaban J connectivity index is 1.56. The first kappa shape index (κ1) is 18.3. The number of amides is 1. The van der Waals surface area contributed by atoms with Crippen LogP contribution in [0.25, 0.3) is 0 Å². The Morgan fingerprint density at radius 2 is 1.88 bits per heavy atom. The van der Waals surface area contributed by atoms with Crippen LogP contribution in [0.5, 0.6) is 5.75 Å². The molecule has 1 unspecified atom stereocenters. The van der Waals surface area contributed by atoms with Crippen LogP contribution < -0.4 is 10.1 Å². The highest BCUT2D eigenvalue weighted by Gasteiger charge is 2.18. The summed E-state index contributed by atoms with van der Waals surface area (Å²) in [5.74, 6) is 0.176. The number of hydrogen-bond donors (Lipinski definition) is 1. The molecule has 0 bridgehead atoms. The van der Waals surface area contributed by atoms with Gasteiger partial charge in [0.1, 0.15) is 11.8 Å². The van der Waals surface area contributed by atoms with Gasteiger partial charge >= 0.3 is 0 Å². The molecule has 3 rings (SSSR count). The fourth-order valence-electron chi connectivity index (χ4n) is 2.97. The number of nitrogens with zero attached hydrogens (tertiary/aromatic N) is 1. The summed E-state index contributed by atoms with van der Waals surface area (Å²) >= 11 is 1.92. The van der Waals surface area contributed by atoms with Gasteiger partial charge < -0.3 is 10.1 Å². The van der Waals surface area contributed by atoms with E-state index in [1.807, 2.05) is 23.9 Å². The maximum Gasteiger partial charge on any atom is 0.265 e. The predicted molar refractivity (Wildman–Crippen MR) is 104 cm³/mol. The van der Waals surface area contributed by atoms with Gasteiger partial charge in [-0.15, -0.1) is 11.8 Å². The molecule has 1 aliphatic carbocycles. The highest BCUT2D eigenvalue weighted by atomic mass is 32.2. The Morgan fingerprint density at radius 3 is 2.58 bits per heavy atom. The lowest BCUT2D eigenvalue weighted by atomic mass is 10.2. The number of para-hydroxylation sites is 1. The molecule has 0 aromatic heterocycles. The number of carbonyl (C=O) groups excluding carboxylic acids is 1. The predicted octanol–water partition coefficient (Wildman–Crippen LogP) is 5.00. The Labute approximate surface area is 158 Å². The number of nitriles is 1. The van der Waals surface area contributed by atoms with Crippen LogP contribution in [0.15, 0.2) is 53.4 Å². The van der Waals surface area contributed by atoms with Crippen LogP contribution >= 0.6 is 11.8 Å². The number of carbonyl (C=O) groups is 1. The van der Waals surface area contributed by atoms with Gasteiger partial charge in [-0.25, -0.2) is 0 Å². The molecule has 26 heavy (non-hydrogen) atoms. The molecular formula is C21H22N2O2S. The Bertz CT molecular complexity index is 792. The molecule has 1 saturated carbocycles. The van der Waals surface area contributed by atoms with Crippen molar-refractivity contribution in [2.75, 3.05) is 5.32 Å². The molecule has 0 saturated heterocycles. The SMILES string of the molecule is CC(Oc1ccccc1C#N)C(=O)Nc1ccc(SC2CCCC2)cc1. The second-order valence-corrected chi connectivity index (χ2v) is 7.78. The van der Waals surface area contributed by atoms with Crippen LogP contribution in [0.1, 0.15) is 38.2 Å². The molecule has 0 heterocycles. The smallest absolute Gasteiger partial charge is 0.265 e. The molecule has 1 atom stereocenters. The van der Waals surface area contributed by atoms with Crippen LogP contribution in [0.3, 0.4) is 0 Å². The lowest BCUT2D eigenvalue weighted by molar-refractivity contribution is -0.122.